The molecular weight excluding hydrogens is 390 g/mol. The minimum atomic E-state index is -0.413. The molecule has 2 rings (SSSR count). The number of rotatable bonds is 8. The van der Waals surface area contributed by atoms with Gasteiger partial charge in [0.2, 0.25) is 11.8 Å². The third-order valence-corrected chi connectivity index (χ3v) is 4.77. The fourth-order valence-electron chi connectivity index (χ4n) is 2.67. The van der Waals surface area contributed by atoms with E-state index < -0.39 is 5.54 Å². The molecular formula is C21H27N3O4S. The number of hydrogen-bond acceptors (Lipinski definition) is 5. The Bertz CT molecular complexity index is 844. The summed E-state index contributed by atoms with van der Waals surface area (Å²) in [5.41, 5.74) is 0.361. The monoisotopic (exact) mass is 417 g/mol. The molecule has 0 atom stereocenters. The van der Waals surface area contributed by atoms with E-state index in [0.717, 1.165) is 5.56 Å². The fraction of sp³-hybridized carbons (Fsp3) is 0.381. The van der Waals surface area contributed by atoms with Crippen molar-refractivity contribution in [3.63, 3.8) is 0 Å². The number of para-hydroxylation sites is 1. The third kappa shape index (κ3) is 7.23. The van der Waals surface area contributed by atoms with Crippen LogP contribution >= 0.6 is 11.3 Å². The van der Waals surface area contributed by atoms with Gasteiger partial charge in [0.05, 0.1) is 25.1 Å². The van der Waals surface area contributed by atoms with Gasteiger partial charge in [-0.2, -0.15) is 0 Å². The first-order chi connectivity index (χ1) is 13.7. The number of ether oxygens (including phenoxy) is 1. The maximum Gasteiger partial charge on any atom is 0.261 e. The number of carbonyl (C=O) groups excluding carboxylic acids is 3. The topological polar surface area (TPSA) is 87.7 Å². The summed E-state index contributed by atoms with van der Waals surface area (Å²) < 4.78 is 5.35. The van der Waals surface area contributed by atoms with E-state index in [0.29, 0.717) is 10.6 Å². The molecule has 0 bridgehead atoms. The normalized spacial score (nSPS) is 10.9. The van der Waals surface area contributed by atoms with Crippen LogP contribution in [0.5, 0.6) is 5.75 Å². The van der Waals surface area contributed by atoms with Crippen molar-refractivity contribution in [2.75, 3.05) is 20.2 Å². The first-order valence-electron chi connectivity index (χ1n) is 9.22. The van der Waals surface area contributed by atoms with Gasteiger partial charge in [0.25, 0.3) is 5.91 Å². The van der Waals surface area contributed by atoms with Gasteiger partial charge >= 0.3 is 0 Å². The Morgan fingerprint density at radius 1 is 1.10 bits per heavy atom. The predicted octanol–water partition coefficient (Wildman–Crippen LogP) is 2.43. The summed E-state index contributed by atoms with van der Waals surface area (Å²) >= 11 is 1.30. The molecule has 1 aromatic carbocycles. The first kappa shape index (κ1) is 22.4. The standard InChI is InChI=1S/C21H27N3O4S/c1-21(2,3)23-18(25)14-24(13-15-8-5-6-9-16(15)28-4)19(26)12-22-20(27)17-10-7-11-29-17/h5-11H,12-14H2,1-4H3,(H,22,27)(H,23,25). The van der Waals surface area contributed by atoms with Crippen molar-refractivity contribution in [3.05, 3.63) is 52.2 Å². The van der Waals surface area contributed by atoms with Crippen LogP contribution in [0.3, 0.4) is 0 Å². The average molecular weight is 418 g/mol. The number of amides is 3. The minimum absolute atomic E-state index is 0.122. The van der Waals surface area contributed by atoms with Crippen LogP contribution in [0.1, 0.15) is 36.0 Å². The molecule has 0 unspecified atom stereocenters. The molecule has 1 aromatic heterocycles. The molecule has 8 heteroatoms. The SMILES string of the molecule is COc1ccccc1CN(CC(=O)NC(C)(C)C)C(=O)CNC(=O)c1cccs1. The lowest BCUT2D eigenvalue weighted by atomic mass is 10.1. The molecule has 0 saturated heterocycles. The van der Waals surface area contributed by atoms with E-state index in [-0.39, 0.29) is 37.4 Å². The van der Waals surface area contributed by atoms with Crippen LogP contribution in [0, 0.1) is 0 Å². The van der Waals surface area contributed by atoms with E-state index in [1.165, 1.54) is 16.2 Å². The van der Waals surface area contributed by atoms with Crippen molar-refractivity contribution in [2.45, 2.75) is 32.9 Å². The number of nitrogens with zero attached hydrogens (tertiary/aromatic N) is 1. The predicted molar refractivity (Wildman–Crippen MR) is 113 cm³/mol. The van der Waals surface area contributed by atoms with E-state index in [4.69, 9.17) is 4.74 Å². The lowest BCUT2D eigenvalue weighted by molar-refractivity contribution is -0.136. The molecule has 0 saturated carbocycles. The highest BCUT2D eigenvalue weighted by molar-refractivity contribution is 7.12. The second kappa shape index (κ2) is 10.1. The van der Waals surface area contributed by atoms with Gasteiger partial charge in [0.15, 0.2) is 0 Å². The van der Waals surface area contributed by atoms with Gasteiger partial charge in [-0.05, 0) is 38.3 Å². The van der Waals surface area contributed by atoms with Gasteiger partial charge in [-0.1, -0.05) is 24.3 Å². The lowest BCUT2D eigenvalue weighted by Crippen LogP contribution is -2.48. The Morgan fingerprint density at radius 3 is 2.45 bits per heavy atom. The Hall–Kier alpha value is -2.87. The zero-order valence-electron chi connectivity index (χ0n) is 17.2. The summed E-state index contributed by atoms with van der Waals surface area (Å²) in [6.45, 7) is 5.49. The van der Waals surface area contributed by atoms with Crippen molar-refractivity contribution in [2.24, 2.45) is 0 Å². The number of carbonyl (C=O) groups is 3. The number of hydrogen-bond donors (Lipinski definition) is 2. The Morgan fingerprint density at radius 2 is 1.83 bits per heavy atom. The molecule has 0 radical (unpaired) electrons. The summed E-state index contributed by atoms with van der Waals surface area (Å²) in [6.07, 6.45) is 0. The highest BCUT2D eigenvalue weighted by Crippen LogP contribution is 2.19. The molecule has 29 heavy (non-hydrogen) atoms. The van der Waals surface area contributed by atoms with Crippen molar-refractivity contribution in [1.82, 2.24) is 15.5 Å². The van der Waals surface area contributed by atoms with Crippen LogP contribution in [-0.4, -0.2) is 48.4 Å². The van der Waals surface area contributed by atoms with Crippen LogP contribution in [0.4, 0.5) is 0 Å². The molecule has 2 aromatic rings. The lowest BCUT2D eigenvalue weighted by Gasteiger charge is -2.26. The van der Waals surface area contributed by atoms with Gasteiger partial charge in [0, 0.05) is 17.6 Å². The summed E-state index contributed by atoms with van der Waals surface area (Å²) in [6, 6.07) is 10.8. The molecule has 2 N–H and O–H groups in total. The van der Waals surface area contributed by atoms with E-state index >= 15 is 0 Å². The highest BCUT2D eigenvalue weighted by atomic mass is 32.1. The van der Waals surface area contributed by atoms with Gasteiger partial charge in [-0.25, -0.2) is 0 Å². The zero-order chi connectivity index (χ0) is 21.4. The Kier molecular flexibility index (Phi) is 7.78. The maximum atomic E-state index is 12.8. The van der Waals surface area contributed by atoms with Crippen LogP contribution in [0.2, 0.25) is 0 Å². The van der Waals surface area contributed by atoms with Crippen molar-refractivity contribution < 1.29 is 19.1 Å². The Balaban J connectivity index is 2.11. The largest absolute Gasteiger partial charge is 0.496 e. The van der Waals surface area contributed by atoms with Gasteiger partial charge in [-0.3, -0.25) is 14.4 Å². The first-order valence-corrected chi connectivity index (χ1v) is 10.1. The molecule has 3 amide bonds. The summed E-state index contributed by atoms with van der Waals surface area (Å²) in [5.74, 6) is -0.316. The highest BCUT2D eigenvalue weighted by Gasteiger charge is 2.22. The second-order valence-corrected chi connectivity index (χ2v) is 8.47. The molecule has 7 nitrogen and oxygen atoms in total. The number of thiophene rings is 1. The van der Waals surface area contributed by atoms with E-state index in [1.807, 2.05) is 39.0 Å². The van der Waals surface area contributed by atoms with Crippen LogP contribution in [-0.2, 0) is 16.1 Å². The quantitative estimate of drug-likeness (QED) is 0.691. The van der Waals surface area contributed by atoms with Crippen LogP contribution in [0.25, 0.3) is 0 Å². The Labute approximate surface area is 175 Å². The second-order valence-electron chi connectivity index (χ2n) is 7.52. The molecule has 1 heterocycles. The van der Waals surface area contributed by atoms with Gasteiger partial charge in [0.1, 0.15) is 5.75 Å². The third-order valence-electron chi connectivity index (χ3n) is 3.90. The maximum absolute atomic E-state index is 12.8. The molecule has 0 aliphatic heterocycles. The molecule has 0 fully saturated rings. The van der Waals surface area contributed by atoms with E-state index in [9.17, 15) is 14.4 Å². The molecule has 156 valence electrons. The molecule has 0 aliphatic rings. The van der Waals surface area contributed by atoms with E-state index in [2.05, 4.69) is 10.6 Å². The smallest absolute Gasteiger partial charge is 0.261 e. The summed E-state index contributed by atoms with van der Waals surface area (Å²) in [7, 11) is 1.55. The zero-order valence-corrected chi connectivity index (χ0v) is 18.0. The van der Waals surface area contributed by atoms with Crippen LogP contribution < -0.4 is 15.4 Å². The van der Waals surface area contributed by atoms with Gasteiger partial charge < -0.3 is 20.3 Å². The molecule has 0 aliphatic carbocycles. The van der Waals surface area contributed by atoms with Crippen molar-refractivity contribution in [1.29, 1.82) is 0 Å². The van der Waals surface area contributed by atoms with Crippen molar-refractivity contribution >= 4 is 29.1 Å². The van der Waals surface area contributed by atoms with E-state index in [1.54, 1.807) is 30.7 Å². The fourth-order valence-corrected chi connectivity index (χ4v) is 3.31. The molecule has 0 spiro atoms. The van der Waals surface area contributed by atoms with Crippen molar-refractivity contribution in [3.8, 4) is 5.75 Å². The van der Waals surface area contributed by atoms with Gasteiger partial charge in [-0.15, -0.1) is 11.3 Å². The number of benzene rings is 1. The van der Waals surface area contributed by atoms with Crippen LogP contribution in [0.15, 0.2) is 41.8 Å². The summed E-state index contributed by atoms with van der Waals surface area (Å²) in [5, 5.41) is 7.27. The summed E-state index contributed by atoms with van der Waals surface area (Å²) in [4.78, 5) is 39.3. The number of methoxy groups -OCH3 is 1. The average Bonchev–Trinajstić information content (AvgIpc) is 3.19. The minimum Gasteiger partial charge on any atom is -0.496 e. The number of nitrogens with one attached hydrogen (secondary N) is 2.